The molecule has 0 aliphatic carbocycles. The zero-order valence-electron chi connectivity index (χ0n) is 10.2. The van der Waals surface area contributed by atoms with Crippen LogP contribution in [-0.4, -0.2) is 20.9 Å². The van der Waals surface area contributed by atoms with E-state index in [4.69, 9.17) is 10.2 Å². The second-order valence-electron chi connectivity index (χ2n) is 4.05. The Labute approximate surface area is 108 Å². The highest BCUT2D eigenvalue weighted by Gasteiger charge is 2.18. The molecule has 0 aliphatic heterocycles. The molecule has 8 nitrogen and oxygen atoms in total. The number of hydrogen-bond donors (Lipinski definition) is 2. The summed E-state index contributed by atoms with van der Waals surface area (Å²) in [5.41, 5.74) is 5.23. The highest BCUT2D eigenvalue weighted by Crippen LogP contribution is 2.22. The maximum absolute atomic E-state index is 10.9. The zero-order valence-corrected chi connectivity index (χ0v) is 10.2. The van der Waals surface area contributed by atoms with Gasteiger partial charge in [0.2, 0.25) is 11.8 Å². The van der Waals surface area contributed by atoms with Gasteiger partial charge in [0.05, 0.1) is 11.2 Å². The van der Waals surface area contributed by atoms with Gasteiger partial charge in [-0.15, -0.1) is 0 Å². The Hall–Kier alpha value is -2.64. The number of anilines is 2. The highest BCUT2D eigenvalue weighted by atomic mass is 16.6. The van der Waals surface area contributed by atoms with Crippen LogP contribution in [0, 0.1) is 10.1 Å². The first-order valence-electron chi connectivity index (χ1n) is 5.62. The molecule has 2 rings (SSSR count). The van der Waals surface area contributed by atoms with Crippen LogP contribution in [0.4, 0.5) is 17.5 Å². The molecule has 2 aromatic rings. The van der Waals surface area contributed by atoms with Crippen molar-refractivity contribution >= 4 is 17.5 Å². The molecule has 0 fully saturated rings. The van der Waals surface area contributed by atoms with Gasteiger partial charge in [0.1, 0.15) is 12.0 Å². The van der Waals surface area contributed by atoms with Gasteiger partial charge < -0.3 is 15.5 Å². The van der Waals surface area contributed by atoms with E-state index >= 15 is 0 Å². The van der Waals surface area contributed by atoms with E-state index in [-0.39, 0.29) is 23.5 Å². The van der Waals surface area contributed by atoms with Crippen molar-refractivity contribution < 1.29 is 9.34 Å². The van der Waals surface area contributed by atoms with Gasteiger partial charge in [-0.3, -0.25) is 10.1 Å². The van der Waals surface area contributed by atoms with Crippen molar-refractivity contribution in [3.63, 3.8) is 0 Å². The lowest BCUT2D eigenvalue weighted by Crippen LogP contribution is -2.20. The maximum atomic E-state index is 10.9. The van der Waals surface area contributed by atoms with Crippen LogP contribution in [0.25, 0.3) is 0 Å². The third-order valence-electron chi connectivity index (χ3n) is 2.46. The first kappa shape index (κ1) is 12.8. The normalized spacial score (nSPS) is 12.1. The lowest BCUT2D eigenvalue weighted by molar-refractivity contribution is -0.384. The number of nitro groups is 1. The van der Waals surface area contributed by atoms with Gasteiger partial charge >= 0.3 is 5.69 Å². The van der Waals surface area contributed by atoms with Crippen molar-refractivity contribution in [1.82, 2.24) is 9.97 Å². The van der Waals surface area contributed by atoms with E-state index in [0.717, 1.165) is 12.0 Å². The summed E-state index contributed by atoms with van der Waals surface area (Å²) >= 11 is 0. The summed E-state index contributed by atoms with van der Waals surface area (Å²) in [6, 6.07) is 3.52. The van der Waals surface area contributed by atoms with Crippen molar-refractivity contribution in [1.29, 1.82) is 0 Å². The predicted molar refractivity (Wildman–Crippen MR) is 68.6 cm³/mol. The Morgan fingerprint density at radius 1 is 1.63 bits per heavy atom. The molecule has 3 N–H and O–H groups in total. The molecule has 2 heterocycles. The first-order chi connectivity index (χ1) is 9.06. The molecule has 0 amide bonds. The summed E-state index contributed by atoms with van der Waals surface area (Å²) in [5.74, 6) is 0.875. The number of aromatic nitrogens is 2. The fourth-order valence-corrected chi connectivity index (χ4v) is 1.64. The van der Waals surface area contributed by atoms with Gasteiger partial charge in [-0.2, -0.15) is 4.98 Å². The molecule has 19 heavy (non-hydrogen) atoms. The van der Waals surface area contributed by atoms with E-state index < -0.39 is 4.92 Å². The Morgan fingerprint density at radius 3 is 3.05 bits per heavy atom. The quantitative estimate of drug-likeness (QED) is 0.620. The van der Waals surface area contributed by atoms with Crippen molar-refractivity contribution in [2.45, 2.75) is 19.4 Å². The van der Waals surface area contributed by atoms with Gasteiger partial charge in [-0.1, -0.05) is 0 Å². The van der Waals surface area contributed by atoms with E-state index in [9.17, 15) is 10.1 Å². The molecule has 0 bridgehead atoms. The van der Waals surface area contributed by atoms with Crippen molar-refractivity contribution in [3.8, 4) is 0 Å². The van der Waals surface area contributed by atoms with E-state index in [1.54, 1.807) is 12.3 Å². The highest BCUT2D eigenvalue weighted by molar-refractivity contribution is 5.56. The fraction of sp³-hybridized carbons (Fsp3) is 0.273. The number of nitrogen functional groups attached to an aromatic ring is 1. The minimum absolute atomic E-state index is 0.0155. The number of nitrogens with zero attached hydrogens (tertiary/aromatic N) is 3. The third-order valence-corrected chi connectivity index (χ3v) is 2.46. The molecule has 0 spiro atoms. The molecular formula is C11H13N5O3. The van der Waals surface area contributed by atoms with E-state index in [2.05, 4.69) is 15.3 Å². The van der Waals surface area contributed by atoms with Crippen LogP contribution >= 0.6 is 0 Å². The lowest BCUT2D eigenvalue weighted by atomic mass is 10.2. The number of nitrogens with two attached hydrogens (primary N) is 1. The monoisotopic (exact) mass is 263 g/mol. The molecule has 0 aromatic carbocycles. The van der Waals surface area contributed by atoms with Crippen LogP contribution < -0.4 is 11.1 Å². The van der Waals surface area contributed by atoms with Gasteiger partial charge in [0, 0.05) is 12.5 Å². The minimum Gasteiger partial charge on any atom is -0.469 e. The Morgan fingerprint density at radius 2 is 2.42 bits per heavy atom. The average Bonchev–Trinajstić information content (AvgIpc) is 2.81. The molecule has 2 aromatic heterocycles. The third kappa shape index (κ3) is 3.18. The van der Waals surface area contributed by atoms with Crippen molar-refractivity contribution in [2.75, 3.05) is 11.1 Å². The second kappa shape index (κ2) is 5.34. The number of rotatable bonds is 5. The average molecular weight is 263 g/mol. The van der Waals surface area contributed by atoms with Crippen LogP contribution in [-0.2, 0) is 6.42 Å². The zero-order chi connectivity index (χ0) is 13.8. The molecule has 100 valence electrons. The first-order valence-corrected chi connectivity index (χ1v) is 5.62. The Balaban J connectivity index is 2.13. The van der Waals surface area contributed by atoms with Crippen LogP contribution in [0.2, 0.25) is 0 Å². The molecule has 1 atom stereocenters. The molecule has 0 radical (unpaired) electrons. The van der Waals surface area contributed by atoms with Crippen LogP contribution in [0.5, 0.6) is 0 Å². The summed E-state index contributed by atoms with van der Waals surface area (Å²) in [5, 5.41) is 13.8. The second-order valence-corrected chi connectivity index (χ2v) is 4.05. The van der Waals surface area contributed by atoms with Gasteiger partial charge in [-0.25, -0.2) is 4.98 Å². The molecular weight excluding hydrogens is 250 g/mol. The van der Waals surface area contributed by atoms with Gasteiger partial charge in [0.25, 0.3) is 0 Å². The molecule has 8 heteroatoms. The van der Waals surface area contributed by atoms with E-state index in [1.165, 1.54) is 0 Å². The van der Waals surface area contributed by atoms with Crippen molar-refractivity contribution in [2.24, 2.45) is 0 Å². The van der Waals surface area contributed by atoms with E-state index in [0.29, 0.717) is 6.42 Å². The summed E-state index contributed by atoms with van der Waals surface area (Å²) in [6.45, 7) is 1.87. The largest absolute Gasteiger partial charge is 0.469 e. The SMILES string of the molecule is CC(Cc1ccco1)Nc1nc(N)ncc1[N+](=O)[O-]. The number of nitrogens with one attached hydrogen (secondary N) is 1. The number of hydrogen-bond acceptors (Lipinski definition) is 7. The Kier molecular flexibility index (Phi) is 3.60. The molecule has 0 aliphatic rings. The summed E-state index contributed by atoms with van der Waals surface area (Å²) in [6.07, 6.45) is 3.24. The lowest BCUT2D eigenvalue weighted by Gasteiger charge is -2.13. The van der Waals surface area contributed by atoms with E-state index in [1.807, 2.05) is 13.0 Å². The molecule has 0 saturated carbocycles. The van der Waals surface area contributed by atoms with Gasteiger partial charge in [-0.05, 0) is 19.1 Å². The summed E-state index contributed by atoms with van der Waals surface area (Å²) in [4.78, 5) is 17.8. The standard InChI is InChI=1S/C11H13N5O3/c1-7(5-8-3-2-4-19-8)14-10-9(16(17)18)6-13-11(12)15-10/h2-4,6-7H,5H2,1H3,(H3,12,13,14,15). The van der Waals surface area contributed by atoms with Crippen LogP contribution in [0.15, 0.2) is 29.0 Å². The number of furan rings is 1. The minimum atomic E-state index is -0.554. The van der Waals surface area contributed by atoms with Crippen LogP contribution in [0.3, 0.4) is 0 Å². The smallest absolute Gasteiger partial charge is 0.329 e. The van der Waals surface area contributed by atoms with Gasteiger partial charge in [0.15, 0.2) is 0 Å². The fourth-order valence-electron chi connectivity index (χ4n) is 1.64. The molecule has 1 unspecified atom stereocenters. The topological polar surface area (TPSA) is 120 Å². The maximum Gasteiger partial charge on any atom is 0.329 e. The molecule has 0 saturated heterocycles. The Bertz CT molecular complexity index is 570. The van der Waals surface area contributed by atoms with Crippen LogP contribution in [0.1, 0.15) is 12.7 Å². The predicted octanol–water partition coefficient (Wildman–Crippen LogP) is 1.60. The van der Waals surface area contributed by atoms with Crippen molar-refractivity contribution in [3.05, 3.63) is 40.5 Å². The summed E-state index contributed by atoms with van der Waals surface area (Å²) in [7, 11) is 0. The summed E-state index contributed by atoms with van der Waals surface area (Å²) < 4.78 is 5.21.